The van der Waals surface area contributed by atoms with Crippen LogP contribution in [0.5, 0.6) is 17.2 Å². The van der Waals surface area contributed by atoms with Crippen molar-refractivity contribution in [2.24, 2.45) is 5.92 Å². The van der Waals surface area contributed by atoms with Gasteiger partial charge < -0.3 is 34.6 Å². The molecule has 0 spiro atoms. The van der Waals surface area contributed by atoms with Gasteiger partial charge in [0, 0.05) is 12.6 Å². The summed E-state index contributed by atoms with van der Waals surface area (Å²) in [5, 5.41) is 28.7. The molecule has 0 saturated carbocycles. The van der Waals surface area contributed by atoms with Gasteiger partial charge in [-0.2, -0.15) is 5.26 Å². The highest BCUT2D eigenvalue weighted by Gasteiger charge is 2.36. The van der Waals surface area contributed by atoms with Crippen LogP contribution in [0.3, 0.4) is 0 Å². The summed E-state index contributed by atoms with van der Waals surface area (Å²) >= 11 is 0. The predicted molar refractivity (Wildman–Crippen MR) is 156 cm³/mol. The molecule has 1 fully saturated rings. The number of benzene rings is 2. The van der Waals surface area contributed by atoms with Crippen LogP contribution in [0.25, 0.3) is 0 Å². The Hall–Kier alpha value is -3.81. The number of hydrogen-bond donors (Lipinski definition) is 3. The van der Waals surface area contributed by atoms with E-state index in [0.717, 1.165) is 63.2 Å². The number of carboxylic acids is 2. The molecule has 0 bridgehead atoms. The van der Waals surface area contributed by atoms with E-state index < -0.39 is 17.4 Å². The Morgan fingerprint density at radius 1 is 1.05 bits per heavy atom. The fraction of sp³-hybridized carbons (Fsp3) is 0.516. The van der Waals surface area contributed by atoms with Crippen LogP contribution in [-0.2, 0) is 15.0 Å². The van der Waals surface area contributed by atoms with Crippen molar-refractivity contribution in [3.05, 3.63) is 54.1 Å². The lowest BCUT2D eigenvalue weighted by atomic mass is 9.69. The number of ether oxygens (including phenoxy) is 3. The lowest BCUT2D eigenvalue weighted by Crippen LogP contribution is -2.44. The molecule has 1 aliphatic heterocycles. The molecule has 2 aromatic rings. The summed E-state index contributed by atoms with van der Waals surface area (Å²) in [6.45, 7) is 9.03. The summed E-state index contributed by atoms with van der Waals surface area (Å²) in [6, 6.07) is 19.1. The molecule has 1 heterocycles. The van der Waals surface area contributed by atoms with Gasteiger partial charge in [0.2, 0.25) is 0 Å². The molecule has 0 amide bonds. The molecule has 10 heteroatoms. The van der Waals surface area contributed by atoms with Crippen LogP contribution in [0.2, 0.25) is 0 Å². The van der Waals surface area contributed by atoms with E-state index in [0.29, 0.717) is 24.1 Å². The summed E-state index contributed by atoms with van der Waals surface area (Å²) in [5.74, 6) is -1.17. The molecule has 10 nitrogen and oxygen atoms in total. The predicted octanol–water partition coefficient (Wildman–Crippen LogP) is 4.19. The average Bonchev–Trinajstić information content (AvgIpc) is 2.98. The molecule has 1 unspecified atom stereocenters. The SMILES string of the molecule is COc1ccc(C(C#N)(CCCN2CCC(NCCOc3ccccc3)CC2)C(C)C)cc1OC.O=C(O)C(=O)O. The standard InChI is InChI=1S/C29H41N3O3.C2H2O4/c1-23(2)29(22-30,24-11-12-27(33-3)28(21-24)34-4)15-8-17-32-18-13-25(14-19-32)31-16-20-35-26-9-6-5-7-10-26;3-1(4)2(5)6/h5-7,9-12,21,23,25,31H,8,13-20H2,1-4H3;(H,3,4)(H,5,6). The van der Waals surface area contributed by atoms with Crippen molar-refractivity contribution in [3.63, 3.8) is 0 Å². The largest absolute Gasteiger partial charge is 0.493 e. The summed E-state index contributed by atoms with van der Waals surface area (Å²) in [6.07, 6.45) is 4.11. The summed E-state index contributed by atoms with van der Waals surface area (Å²) in [5.41, 5.74) is 0.464. The number of para-hydroxylation sites is 1. The maximum atomic E-state index is 10.3. The molecular weight excluding hydrogens is 526 g/mol. The maximum absolute atomic E-state index is 10.3. The number of nitrogens with one attached hydrogen (secondary N) is 1. The number of nitrogens with zero attached hydrogens (tertiary/aromatic N) is 2. The number of nitriles is 1. The van der Waals surface area contributed by atoms with Crippen LogP contribution in [0, 0.1) is 17.2 Å². The van der Waals surface area contributed by atoms with Crippen molar-refractivity contribution in [2.45, 2.75) is 51.0 Å². The Morgan fingerprint density at radius 3 is 2.22 bits per heavy atom. The molecule has 0 radical (unpaired) electrons. The van der Waals surface area contributed by atoms with Gasteiger partial charge in [-0.1, -0.05) is 38.1 Å². The Labute approximate surface area is 242 Å². The fourth-order valence-corrected chi connectivity index (χ4v) is 5.02. The molecule has 2 aromatic carbocycles. The second-order valence-electron chi connectivity index (χ2n) is 10.3. The lowest BCUT2D eigenvalue weighted by Gasteiger charge is -2.35. The lowest BCUT2D eigenvalue weighted by molar-refractivity contribution is -0.159. The zero-order valence-corrected chi connectivity index (χ0v) is 24.5. The second kappa shape index (κ2) is 17.1. The van der Waals surface area contributed by atoms with Crippen molar-refractivity contribution in [1.82, 2.24) is 10.2 Å². The van der Waals surface area contributed by atoms with Crippen molar-refractivity contribution in [1.29, 1.82) is 5.26 Å². The first-order chi connectivity index (χ1) is 19.7. The van der Waals surface area contributed by atoms with Crippen LogP contribution in [0.1, 0.15) is 45.1 Å². The van der Waals surface area contributed by atoms with Gasteiger partial charge >= 0.3 is 11.9 Å². The topological polar surface area (TPSA) is 141 Å². The number of carboxylic acid groups (broad SMARTS) is 2. The molecule has 224 valence electrons. The maximum Gasteiger partial charge on any atom is 0.414 e. The van der Waals surface area contributed by atoms with Gasteiger partial charge in [-0.3, -0.25) is 0 Å². The zero-order chi connectivity index (χ0) is 30.3. The van der Waals surface area contributed by atoms with Gasteiger partial charge in [0.25, 0.3) is 0 Å². The van der Waals surface area contributed by atoms with E-state index in [-0.39, 0.29) is 5.92 Å². The first kappa shape index (κ1) is 33.4. The zero-order valence-electron chi connectivity index (χ0n) is 24.5. The van der Waals surface area contributed by atoms with Crippen molar-refractivity contribution in [3.8, 4) is 23.3 Å². The van der Waals surface area contributed by atoms with Gasteiger partial charge in [-0.15, -0.1) is 0 Å². The Balaban J connectivity index is 0.000000883. The number of carbonyl (C=O) groups is 2. The molecule has 0 aliphatic carbocycles. The highest BCUT2D eigenvalue weighted by atomic mass is 16.5. The van der Waals surface area contributed by atoms with Gasteiger partial charge in [0.1, 0.15) is 12.4 Å². The third-order valence-electron chi connectivity index (χ3n) is 7.45. The first-order valence-electron chi connectivity index (χ1n) is 13.9. The van der Waals surface area contributed by atoms with E-state index in [4.69, 9.17) is 34.0 Å². The van der Waals surface area contributed by atoms with Crippen LogP contribution in [0.15, 0.2) is 48.5 Å². The molecule has 1 atom stereocenters. The van der Waals surface area contributed by atoms with Crippen LogP contribution in [-0.4, -0.2) is 80.1 Å². The van der Waals surface area contributed by atoms with E-state index in [2.05, 4.69) is 30.1 Å². The van der Waals surface area contributed by atoms with E-state index in [9.17, 15) is 5.26 Å². The van der Waals surface area contributed by atoms with Gasteiger partial charge in [0.15, 0.2) is 11.5 Å². The van der Waals surface area contributed by atoms with Crippen LogP contribution >= 0.6 is 0 Å². The molecule has 41 heavy (non-hydrogen) atoms. The molecule has 1 saturated heterocycles. The van der Waals surface area contributed by atoms with E-state index >= 15 is 0 Å². The molecule has 3 N–H and O–H groups in total. The average molecular weight is 570 g/mol. The highest BCUT2D eigenvalue weighted by molar-refractivity contribution is 6.27. The van der Waals surface area contributed by atoms with E-state index in [1.165, 1.54) is 0 Å². The summed E-state index contributed by atoms with van der Waals surface area (Å²) < 4.78 is 16.7. The van der Waals surface area contributed by atoms with Crippen molar-refractivity contribution >= 4 is 11.9 Å². The minimum Gasteiger partial charge on any atom is -0.493 e. The number of piperidine rings is 1. The van der Waals surface area contributed by atoms with Crippen LogP contribution < -0.4 is 19.5 Å². The molecule has 3 rings (SSSR count). The Morgan fingerprint density at radius 2 is 1.68 bits per heavy atom. The number of methoxy groups -OCH3 is 2. The van der Waals surface area contributed by atoms with Gasteiger partial charge in [-0.05, 0) is 81.1 Å². The highest BCUT2D eigenvalue weighted by Crippen LogP contribution is 2.40. The fourth-order valence-electron chi connectivity index (χ4n) is 5.02. The van der Waals surface area contributed by atoms with Gasteiger partial charge in [-0.25, -0.2) is 9.59 Å². The quantitative estimate of drug-likeness (QED) is 0.237. The minimum absolute atomic E-state index is 0.193. The number of aliphatic carboxylic acids is 2. The van der Waals surface area contributed by atoms with Crippen LogP contribution in [0.4, 0.5) is 0 Å². The molecule has 1 aliphatic rings. The molecular formula is C31H43N3O7. The summed E-state index contributed by atoms with van der Waals surface area (Å²) in [4.78, 5) is 20.7. The van der Waals surface area contributed by atoms with Gasteiger partial charge in [0.05, 0.1) is 25.7 Å². The monoisotopic (exact) mass is 569 g/mol. The van der Waals surface area contributed by atoms with E-state index in [1.54, 1.807) is 14.2 Å². The Kier molecular flexibility index (Phi) is 13.9. The number of hydrogen-bond acceptors (Lipinski definition) is 8. The Bertz CT molecular complexity index is 1120. The second-order valence-corrected chi connectivity index (χ2v) is 10.3. The van der Waals surface area contributed by atoms with Crippen molar-refractivity contribution in [2.75, 3.05) is 47.0 Å². The third-order valence-corrected chi connectivity index (χ3v) is 7.45. The summed E-state index contributed by atoms with van der Waals surface area (Å²) in [7, 11) is 3.27. The molecule has 0 aromatic heterocycles. The first-order valence-corrected chi connectivity index (χ1v) is 13.9. The normalized spacial score (nSPS) is 15.1. The number of likely N-dealkylation sites (tertiary alicyclic amines) is 1. The smallest absolute Gasteiger partial charge is 0.414 e. The minimum atomic E-state index is -1.82. The van der Waals surface area contributed by atoms with Crippen molar-refractivity contribution < 1.29 is 34.0 Å². The van der Waals surface area contributed by atoms with E-state index in [1.807, 2.05) is 48.5 Å². The number of rotatable bonds is 13. The third kappa shape index (κ3) is 10.3.